The first-order chi connectivity index (χ1) is 16.3. The Morgan fingerprint density at radius 3 is 2.53 bits per heavy atom. The van der Waals surface area contributed by atoms with E-state index in [1.165, 1.54) is 24.3 Å². The number of hydrogen-bond donors (Lipinski definition) is 3. The van der Waals surface area contributed by atoms with Gasteiger partial charge in [-0.1, -0.05) is 30.3 Å². The van der Waals surface area contributed by atoms with Gasteiger partial charge in [0.25, 0.3) is 11.8 Å². The fourth-order valence-corrected chi connectivity index (χ4v) is 3.24. The number of amides is 2. The standard InChI is InChI=1S/C24H19F3N4O3/c25-24(26,27)15-6-5-7-16(12-15)29-22(32)14-34-20-11-4-1-8-17(20)23(33)28-13-21-30-18-9-2-3-10-19(18)31-21/h1-12H,13-14H2,(H,28,33)(H,29,32)(H,30,31). The number of H-pyrrole nitrogens is 1. The Morgan fingerprint density at radius 1 is 0.971 bits per heavy atom. The summed E-state index contributed by atoms with van der Waals surface area (Å²) in [5, 5.41) is 5.10. The highest BCUT2D eigenvalue weighted by molar-refractivity contribution is 5.97. The summed E-state index contributed by atoms with van der Waals surface area (Å²) in [7, 11) is 0. The molecule has 0 radical (unpaired) electrons. The molecule has 0 saturated carbocycles. The smallest absolute Gasteiger partial charge is 0.416 e. The first-order valence-corrected chi connectivity index (χ1v) is 10.2. The lowest BCUT2D eigenvalue weighted by molar-refractivity contribution is -0.137. The summed E-state index contributed by atoms with van der Waals surface area (Å²) in [6, 6.07) is 18.1. The average Bonchev–Trinajstić information content (AvgIpc) is 3.24. The summed E-state index contributed by atoms with van der Waals surface area (Å²) in [6.45, 7) is -0.345. The quantitative estimate of drug-likeness (QED) is 0.371. The molecule has 0 aliphatic carbocycles. The van der Waals surface area contributed by atoms with Gasteiger partial charge >= 0.3 is 6.18 Å². The molecular weight excluding hydrogens is 449 g/mol. The van der Waals surface area contributed by atoms with Crippen molar-refractivity contribution in [1.29, 1.82) is 0 Å². The van der Waals surface area contributed by atoms with Crippen LogP contribution in [0.2, 0.25) is 0 Å². The zero-order valence-corrected chi connectivity index (χ0v) is 17.6. The molecule has 0 aliphatic heterocycles. The third-order valence-corrected chi connectivity index (χ3v) is 4.82. The van der Waals surface area contributed by atoms with Gasteiger partial charge in [-0.05, 0) is 42.5 Å². The predicted octanol–water partition coefficient (Wildman–Crippen LogP) is 4.53. The Labute approximate surface area is 192 Å². The number of para-hydroxylation sites is 3. The number of anilines is 1. The van der Waals surface area contributed by atoms with Crippen LogP contribution in [0.5, 0.6) is 5.75 Å². The summed E-state index contributed by atoms with van der Waals surface area (Å²) < 4.78 is 44.0. The van der Waals surface area contributed by atoms with E-state index in [0.717, 1.165) is 23.2 Å². The van der Waals surface area contributed by atoms with Crippen LogP contribution in [0.15, 0.2) is 72.8 Å². The van der Waals surface area contributed by atoms with Crippen LogP contribution < -0.4 is 15.4 Å². The molecule has 3 N–H and O–H groups in total. The van der Waals surface area contributed by atoms with Gasteiger partial charge in [-0.3, -0.25) is 9.59 Å². The van der Waals surface area contributed by atoms with E-state index in [1.807, 2.05) is 24.3 Å². The van der Waals surface area contributed by atoms with Crippen molar-refractivity contribution in [2.45, 2.75) is 12.7 Å². The third-order valence-electron chi connectivity index (χ3n) is 4.82. The van der Waals surface area contributed by atoms with Gasteiger partial charge in [0.05, 0.1) is 28.7 Å². The molecule has 4 aromatic rings. The maximum absolute atomic E-state index is 12.8. The SMILES string of the molecule is O=C(COc1ccccc1C(=O)NCc1nc2ccccc2[nH]1)Nc1cccc(C(F)(F)F)c1. The van der Waals surface area contributed by atoms with Crippen molar-refractivity contribution in [2.75, 3.05) is 11.9 Å². The van der Waals surface area contributed by atoms with Gasteiger partial charge in [0.1, 0.15) is 11.6 Å². The molecule has 0 saturated heterocycles. The molecule has 4 rings (SSSR count). The van der Waals surface area contributed by atoms with Gasteiger partial charge in [-0.2, -0.15) is 13.2 Å². The minimum absolute atomic E-state index is 0.0136. The average molecular weight is 468 g/mol. The van der Waals surface area contributed by atoms with Crippen molar-refractivity contribution < 1.29 is 27.5 Å². The monoisotopic (exact) mass is 468 g/mol. The van der Waals surface area contributed by atoms with Crippen LogP contribution in [-0.2, 0) is 17.5 Å². The molecule has 10 heteroatoms. The zero-order chi connectivity index (χ0) is 24.1. The van der Waals surface area contributed by atoms with Crippen LogP contribution >= 0.6 is 0 Å². The van der Waals surface area contributed by atoms with E-state index in [-0.39, 0.29) is 23.5 Å². The van der Waals surface area contributed by atoms with Gasteiger partial charge in [-0.15, -0.1) is 0 Å². The first-order valence-electron chi connectivity index (χ1n) is 10.2. The second-order valence-corrected chi connectivity index (χ2v) is 7.29. The molecule has 34 heavy (non-hydrogen) atoms. The topological polar surface area (TPSA) is 96.1 Å². The van der Waals surface area contributed by atoms with Crippen LogP contribution in [0.4, 0.5) is 18.9 Å². The van der Waals surface area contributed by atoms with E-state index >= 15 is 0 Å². The fraction of sp³-hybridized carbons (Fsp3) is 0.125. The zero-order valence-electron chi connectivity index (χ0n) is 17.6. The first kappa shape index (κ1) is 22.8. The Kier molecular flexibility index (Phi) is 6.48. The number of hydrogen-bond acceptors (Lipinski definition) is 4. The van der Waals surface area contributed by atoms with Crippen molar-refractivity contribution in [3.8, 4) is 5.75 Å². The highest BCUT2D eigenvalue weighted by Crippen LogP contribution is 2.30. The Hall–Kier alpha value is -4.34. The van der Waals surface area contributed by atoms with Gasteiger partial charge < -0.3 is 20.4 Å². The van der Waals surface area contributed by atoms with Crippen molar-refractivity contribution >= 4 is 28.5 Å². The molecule has 0 fully saturated rings. The van der Waals surface area contributed by atoms with Crippen molar-refractivity contribution in [3.63, 3.8) is 0 Å². The molecule has 7 nitrogen and oxygen atoms in total. The molecule has 0 bridgehead atoms. The van der Waals surface area contributed by atoms with Crippen LogP contribution in [0, 0.1) is 0 Å². The number of aromatic amines is 1. The summed E-state index contributed by atoms with van der Waals surface area (Å²) in [5.74, 6) is -0.372. The summed E-state index contributed by atoms with van der Waals surface area (Å²) >= 11 is 0. The number of fused-ring (bicyclic) bond motifs is 1. The number of carbonyl (C=O) groups excluding carboxylic acids is 2. The number of benzene rings is 3. The summed E-state index contributed by atoms with van der Waals surface area (Å²) in [5.41, 5.74) is 0.938. The number of carbonyl (C=O) groups is 2. The van der Waals surface area contributed by atoms with Crippen LogP contribution in [0.3, 0.4) is 0 Å². The predicted molar refractivity (Wildman–Crippen MR) is 119 cm³/mol. The maximum Gasteiger partial charge on any atom is 0.416 e. The van der Waals surface area contributed by atoms with E-state index in [1.54, 1.807) is 12.1 Å². The lowest BCUT2D eigenvalue weighted by Gasteiger charge is -2.12. The molecule has 0 spiro atoms. The second-order valence-electron chi connectivity index (χ2n) is 7.29. The third kappa shape index (κ3) is 5.52. The molecule has 3 aromatic carbocycles. The van der Waals surface area contributed by atoms with Gasteiger partial charge in [0.2, 0.25) is 0 Å². The van der Waals surface area contributed by atoms with E-state index in [2.05, 4.69) is 20.6 Å². The number of rotatable bonds is 7. The lowest BCUT2D eigenvalue weighted by atomic mass is 10.2. The molecule has 1 aromatic heterocycles. The molecule has 0 unspecified atom stereocenters. The van der Waals surface area contributed by atoms with Crippen LogP contribution in [-0.4, -0.2) is 28.4 Å². The van der Waals surface area contributed by atoms with Crippen LogP contribution in [0.25, 0.3) is 11.0 Å². The highest BCUT2D eigenvalue weighted by Gasteiger charge is 2.30. The Morgan fingerprint density at radius 2 is 1.74 bits per heavy atom. The normalized spacial score (nSPS) is 11.3. The number of imidazole rings is 1. The number of ether oxygens (including phenoxy) is 1. The number of nitrogens with one attached hydrogen (secondary N) is 3. The maximum atomic E-state index is 12.8. The molecule has 0 aliphatic rings. The number of nitrogens with zero attached hydrogens (tertiary/aromatic N) is 1. The van der Waals surface area contributed by atoms with Gasteiger partial charge in [0.15, 0.2) is 6.61 Å². The summed E-state index contributed by atoms with van der Waals surface area (Å²) in [6.07, 6.45) is -4.52. The van der Waals surface area contributed by atoms with Crippen molar-refractivity contribution in [3.05, 3.63) is 89.7 Å². The van der Waals surface area contributed by atoms with Crippen molar-refractivity contribution in [1.82, 2.24) is 15.3 Å². The second kappa shape index (κ2) is 9.65. The molecular formula is C24H19F3N4O3. The Bertz CT molecular complexity index is 1300. The largest absolute Gasteiger partial charge is 0.483 e. The molecule has 174 valence electrons. The minimum Gasteiger partial charge on any atom is -0.483 e. The number of halogens is 3. The molecule has 2 amide bonds. The van der Waals surface area contributed by atoms with E-state index in [9.17, 15) is 22.8 Å². The molecule has 0 atom stereocenters. The van der Waals surface area contributed by atoms with E-state index < -0.39 is 30.2 Å². The van der Waals surface area contributed by atoms with E-state index in [0.29, 0.717) is 5.82 Å². The minimum atomic E-state index is -4.52. The van der Waals surface area contributed by atoms with Crippen molar-refractivity contribution in [2.24, 2.45) is 0 Å². The van der Waals surface area contributed by atoms with E-state index in [4.69, 9.17) is 4.74 Å². The highest BCUT2D eigenvalue weighted by atomic mass is 19.4. The lowest BCUT2D eigenvalue weighted by Crippen LogP contribution is -2.25. The van der Waals surface area contributed by atoms with Crippen LogP contribution in [0.1, 0.15) is 21.7 Å². The van der Waals surface area contributed by atoms with Gasteiger partial charge in [0, 0.05) is 5.69 Å². The number of alkyl halides is 3. The summed E-state index contributed by atoms with van der Waals surface area (Å²) in [4.78, 5) is 32.4. The Balaban J connectivity index is 1.36. The number of aromatic nitrogens is 2. The fourth-order valence-electron chi connectivity index (χ4n) is 3.24. The molecule has 1 heterocycles. The van der Waals surface area contributed by atoms with Gasteiger partial charge in [-0.25, -0.2) is 4.98 Å².